The Morgan fingerprint density at radius 1 is 1.42 bits per heavy atom. The first kappa shape index (κ1) is 14.2. The molecular formula is C14H24N4O. The van der Waals surface area contributed by atoms with Crippen LogP contribution in [-0.2, 0) is 4.74 Å². The van der Waals surface area contributed by atoms with Gasteiger partial charge in [-0.1, -0.05) is 0 Å². The number of nitrogens with two attached hydrogens (primary N) is 1. The molecule has 1 unspecified atom stereocenters. The van der Waals surface area contributed by atoms with E-state index in [1.54, 1.807) is 6.20 Å². The van der Waals surface area contributed by atoms with Crippen molar-refractivity contribution in [2.45, 2.75) is 25.4 Å². The number of morpholine rings is 1. The topological polar surface area (TPSA) is 63.4 Å². The van der Waals surface area contributed by atoms with E-state index in [0.717, 1.165) is 37.6 Å². The fraction of sp³-hybridized carbons (Fsp3) is 0.643. The molecule has 0 radical (unpaired) electrons. The summed E-state index contributed by atoms with van der Waals surface area (Å²) in [7, 11) is 1.97. The molecule has 2 heterocycles. The predicted octanol–water partition coefficient (Wildman–Crippen LogP) is 1.04. The summed E-state index contributed by atoms with van der Waals surface area (Å²) in [6, 6.07) is 1.99. The average Bonchev–Trinajstić information content (AvgIpc) is 2.42. The zero-order valence-electron chi connectivity index (χ0n) is 12.0. The Bertz CT molecular complexity index is 416. The molecule has 0 spiro atoms. The molecule has 2 rings (SSSR count). The Labute approximate surface area is 115 Å². The summed E-state index contributed by atoms with van der Waals surface area (Å²) in [6.07, 6.45) is 3.59. The van der Waals surface area contributed by atoms with Crippen molar-refractivity contribution in [3.8, 4) is 0 Å². The van der Waals surface area contributed by atoms with Gasteiger partial charge in [0.05, 0.1) is 19.3 Å². The third kappa shape index (κ3) is 2.88. The van der Waals surface area contributed by atoms with Crippen LogP contribution in [0.3, 0.4) is 0 Å². The molecule has 0 amide bonds. The maximum atomic E-state index is 6.10. The van der Waals surface area contributed by atoms with Crippen LogP contribution in [-0.4, -0.2) is 48.8 Å². The number of rotatable bonds is 4. The number of nitrogen functional groups attached to an aromatic ring is 1. The van der Waals surface area contributed by atoms with Crippen LogP contribution in [0.15, 0.2) is 18.5 Å². The molecule has 1 fully saturated rings. The fourth-order valence-electron chi connectivity index (χ4n) is 2.87. The van der Waals surface area contributed by atoms with E-state index < -0.39 is 0 Å². The molecule has 1 atom stereocenters. The van der Waals surface area contributed by atoms with E-state index in [0.29, 0.717) is 0 Å². The van der Waals surface area contributed by atoms with Crippen LogP contribution in [0, 0.1) is 0 Å². The monoisotopic (exact) mass is 264 g/mol. The van der Waals surface area contributed by atoms with Gasteiger partial charge >= 0.3 is 0 Å². The lowest BCUT2D eigenvalue weighted by Crippen LogP contribution is -2.55. The number of aromatic nitrogens is 1. The average molecular weight is 264 g/mol. The summed E-state index contributed by atoms with van der Waals surface area (Å²) in [5.41, 5.74) is 7.90. The number of ether oxygens (including phenoxy) is 1. The second-order valence-electron chi connectivity index (χ2n) is 5.48. The second kappa shape index (κ2) is 5.86. The minimum Gasteiger partial charge on any atom is -0.398 e. The molecule has 1 aromatic heterocycles. The van der Waals surface area contributed by atoms with Crippen LogP contribution in [0.2, 0.25) is 0 Å². The van der Waals surface area contributed by atoms with Crippen LogP contribution in [0.5, 0.6) is 0 Å². The maximum Gasteiger partial charge on any atom is 0.0594 e. The highest BCUT2D eigenvalue weighted by Gasteiger charge is 2.37. The number of anilines is 1. The molecule has 1 aliphatic heterocycles. The van der Waals surface area contributed by atoms with Gasteiger partial charge in [0.1, 0.15) is 0 Å². The molecule has 1 saturated heterocycles. The Balaban J connectivity index is 2.27. The number of hydrogen-bond acceptors (Lipinski definition) is 5. The number of hydrogen-bond donors (Lipinski definition) is 2. The van der Waals surface area contributed by atoms with Crippen molar-refractivity contribution in [3.63, 3.8) is 0 Å². The van der Waals surface area contributed by atoms with Gasteiger partial charge in [0.25, 0.3) is 0 Å². The molecule has 5 heteroatoms. The third-order valence-electron chi connectivity index (χ3n) is 4.02. The number of likely N-dealkylation sites (N-methyl/N-ethyl adjacent to an activating group) is 1. The molecule has 5 nitrogen and oxygen atoms in total. The van der Waals surface area contributed by atoms with Gasteiger partial charge in [0.2, 0.25) is 0 Å². The third-order valence-corrected chi connectivity index (χ3v) is 4.02. The number of nitrogens with zero attached hydrogens (tertiary/aromatic N) is 2. The lowest BCUT2D eigenvalue weighted by Gasteiger charge is -2.46. The Morgan fingerprint density at radius 2 is 2.11 bits per heavy atom. The summed E-state index contributed by atoms with van der Waals surface area (Å²) in [5, 5.41) is 3.39. The maximum absolute atomic E-state index is 6.10. The van der Waals surface area contributed by atoms with E-state index in [4.69, 9.17) is 10.5 Å². The highest BCUT2D eigenvalue weighted by atomic mass is 16.5. The van der Waals surface area contributed by atoms with Gasteiger partial charge in [0.15, 0.2) is 0 Å². The van der Waals surface area contributed by atoms with Crippen molar-refractivity contribution in [2.24, 2.45) is 0 Å². The molecule has 19 heavy (non-hydrogen) atoms. The Morgan fingerprint density at radius 3 is 2.68 bits per heavy atom. The van der Waals surface area contributed by atoms with Crippen molar-refractivity contribution in [1.82, 2.24) is 15.2 Å². The summed E-state index contributed by atoms with van der Waals surface area (Å²) in [5.74, 6) is 0. The van der Waals surface area contributed by atoms with Crippen molar-refractivity contribution in [1.29, 1.82) is 0 Å². The van der Waals surface area contributed by atoms with Gasteiger partial charge in [-0.15, -0.1) is 0 Å². The minimum absolute atomic E-state index is 0.0459. The van der Waals surface area contributed by atoms with E-state index >= 15 is 0 Å². The fourth-order valence-corrected chi connectivity index (χ4v) is 2.87. The van der Waals surface area contributed by atoms with E-state index in [-0.39, 0.29) is 11.6 Å². The lowest BCUT2D eigenvalue weighted by molar-refractivity contribution is -0.0228. The van der Waals surface area contributed by atoms with Gasteiger partial charge in [-0.2, -0.15) is 0 Å². The largest absolute Gasteiger partial charge is 0.398 e. The molecule has 0 aromatic carbocycles. The number of nitrogens with one attached hydrogen (secondary N) is 1. The van der Waals surface area contributed by atoms with E-state index in [1.165, 1.54) is 0 Å². The summed E-state index contributed by atoms with van der Waals surface area (Å²) in [6.45, 7) is 7.97. The van der Waals surface area contributed by atoms with Gasteiger partial charge in [-0.3, -0.25) is 9.88 Å². The molecular weight excluding hydrogens is 240 g/mol. The normalized spacial score (nSPS) is 19.3. The number of pyridine rings is 1. The van der Waals surface area contributed by atoms with Gasteiger partial charge in [-0.25, -0.2) is 0 Å². The van der Waals surface area contributed by atoms with Gasteiger partial charge in [-0.05, 0) is 27.0 Å². The van der Waals surface area contributed by atoms with E-state index in [9.17, 15) is 0 Å². The summed E-state index contributed by atoms with van der Waals surface area (Å²) in [4.78, 5) is 6.66. The molecule has 0 aliphatic carbocycles. The van der Waals surface area contributed by atoms with Crippen LogP contribution in [0.25, 0.3) is 0 Å². The van der Waals surface area contributed by atoms with Crippen molar-refractivity contribution in [3.05, 3.63) is 24.0 Å². The zero-order valence-corrected chi connectivity index (χ0v) is 12.0. The summed E-state index contributed by atoms with van der Waals surface area (Å²) < 4.78 is 5.44. The summed E-state index contributed by atoms with van der Waals surface area (Å²) >= 11 is 0. The quantitative estimate of drug-likeness (QED) is 0.850. The zero-order chi connectivity index (χ0) is 13.9. The first-order valence-corrected chi connectivity index (χ1v) is 6.77. The first-order chi connectivity index (χ1) is 9.07. The molecule has 3 N–H and O–H groups in total. The van der Waals surface area contributed by atoms with E-state index in [2.05, 4.69) is 29.0 Å². The molecule has 0 saturated carbocycles. The molecule has 0 bridgehead atoms. The van der Waals surface area contributed by atoms with Crippen molar-refractivity contribution < 1.29 is 4.74 Å². The predicted molar refractivity (Wildman–Crippen MR) is 76.9 cm³/mol. The Kier molecular flexibility index (Phi) is 4.39. The van der Waals surface area contributed by atoms with Crippen LogP contribution < -0.4 is 11.1 Å². The van der Waals surface area contributed by atoms with Gasteiger partial charge in [0, 0.05) is 42.3 Å². The van der Waals surface area contributed by atoms with E-state index in [1.807, 2.05) is 19.3 Å². The van der Waals surface area contributed by atoms with Crippen molar-refractivity contribution >= 4 is 5.69 Å². The van der Waals surface area contributed by atoms with Crippen molar-refractivity contribution in [2.75, 3.05) is 39.1 Å². The van der Waals surface area contributed by atoms with Crippen LogP contribution in [0.4, 0.5) is 5.69 Å². The Hall–Kier alpha value is -1.17. The molecule has 1 aromatic rings. The minimum atomic E-state index is -0.0459. The van der Waals surface area contributed by atoms with Crippen LogP contribution >= 0.6 is 0 Å². The highest BCUT2D eigenvalue weighted by molar-refractivity contribution is 5.47. The van der Waals surface area contributed by atoms with Gasteiger partial charge < -0.3 is 15.8 Å². The second-order valence-corrected chi connectivity index (χ2v) is 5.48. The molecule has 106 valence electrons. The van der Waals surface area contributed by atoms with Crippen LogP contribution in [0.1, 0.15) is 25.5 Å². The standard InChI is InChI=1S/C14H24N4O/c1-14(2,18-6-8-19-9-7-18)13(16-3)11-10-17-5-4-12(11)15/h4-5,10,13,16H,6-9H2,1-3H3,(H2,15,17). The first-order valence-electron chi connectivity index (χ1n) is 6.77. The highest BCUT2D eigenvalue weighted by Crippen LogP contribution is 2.33. The smallest absolute Gasteiger partial charge is 0.0594 e. The SMILES string of the molecule is CNC(c1cnccc1N)C(C)(C)N1CCOCC1. The lowest BCUT2D eigenvalue weighted by atomic mass is 9.86. The molecule has 1 aliphatic rings.